The summed E-state index contributed by atoms with van der Waals surface area (Å²) in [5, 5.41) is 5.04. The minimum atomic E-state index is -4.71. The van der Waals surface area contributed by atoms with E-state index in [4.69, 9.17) is 0 Å². The maximum absolute atomic E-state index is 14.4. The fourth-order valence-corrected chi connectivity index (χ4v) is 2.66. The summed E-state index contributed by atoms with van der Waals surface area (Å²) in [6.07, 6.45) is -2.09. The fraction of sp³-hybridized carbons (Fsp3) is 0.467. The van der Waals surface area contributed by atoms with Crippen molar-refractivity contribution < 1.29 is 22.4 Å². The van der Waals surface area contributed by atoms with Crippen molar-refractivity contribution in [3.05, 3.63) is 29.1 Å². The summed E-state index contributed by atoms with van der Waals surface area (Å²) in [6, 6.07) is 1.03. The number of rotatable bonds is 3. The number of aldehydes is 1. The molecule has 0 spiro atoms. The number of nitrogens with zero attached hydrogens (tertiary/aromatic N) is 2. The van der Waals surface area contributed by atoms with Crippen LogP contribution in [0.25, 0.3) is 0 Å². The summed E-state index contributed by atoms with van der Waals surface area (Å²) in [5.74, 6) is -0.767. The van der Waals surface area contributed by atoms with E-state index >= 15 is 0 Å². The lowest BCUT2D eigenvalue weighted by atomic mass is 10.1. The lowest BCUT2D eigenvalue weighted by molar-refractivity contribution is -0.137. The Balaban J connectivity index is 2.13. The minimum absolute atomic E-state index is 0.0859. The summed E-state index contributed by atoms with van der Waals surface area (Å²) >= 11 is 0. The number of hydrazone groups is 1. The van der Waals surface area contributed by atoms with Gasteiger partial charge in [-0.15, -0.1) is 0 Å². The maximum Gasteiger partial charge on any atom is 0.418 e. The Labute approximate surface area is 124 Å². The molecule has 3 rings (SSSR count). The van der Waals surface area contributed by atoms with E-state index in [9.17, 15) is 22.4 Å². The molecule has 1 aliphatic heterocycles. The smallest absolute Gasteiger partial charge is 0.301 e. The van der Waals surface area contributed by atoms with E-state index in [-0.39, 0.29) is 17.9 Å². The lowest BCUT2D eigenvalue weighted by Gasteiger charge is -2.24. The van der Waals surface area contributed by atoms with Gasteiger partial charge in [-0.2, -0.15) is 18.3 Å². The summed E-state index contributed by atoms with van der Waals surface area (Å²) in [5.41, 5.74) is -0.989. The zero-order chi connectivity index (χ0) is 16.1. The molecule has 1 aromatic rings. The van der Waals surface area contributed by atoms with E-state index in [2.05, 4.69) is 5.10 Å². The normalized spacial score (nSPS) is 22.0. The van der Waals surface area contributed by atoms with E-state index in [0.717, 1.165) is 30.0 Å². The van der Waals surface area contributed by atoms with Gasteiger partial charge in [-0.25, -0.2) is 4.39 Å². The van der Waals surface area contributed by atoms with Crippen molar-refractivity contribution >= 4 is 17.7 Å². The van der Waals surface area contributed by atoms with Gasteiger partial charge in [-0.3, -0.25) is 5.01 Å². The molecular formula is C15H14F4N2O. The Kier molecular flexibility index (Phi) is 3.45. The van der Waals surface area contributed by atoms with Crippen molar-refractivity contribution in [3.8, 4) is 0 Å². The molecule has 1 fully saturated rings. The first kappa shape index (κ1) is 15.0. The number of carbonyl (C=O) groups is 1. The Morgan fingerprint density at radius 1 is 1.32 bits per heavy atom. The van der Waals surface area contributed by atoms with Crippen molar-refractivity contribution in [2.45, 2.75) is 38.4 Å². The van der Waals surface area contributed by atoms with E-state index in [1.807, 2.05) is 0 Å². The molecule has 0 N–H and O–H groups in total. The van der Waals surface area contributed by atoms with Gasteiger partial charge in [0.2, 0.25) is 0 Å². The predicted octanol–water partition coefficient (Wildman–Crippen LogP) is 3.70. The van der Waals surface area contributed by atoms with Crippen molar-refractivity contribution in [3.63, 3.8) is 0 Å². The monoisotopic (exact) mass is 314 g/mol. The van der Waals surface area contributed by atoms with Crippen LogP contribution in [0.5, 0.6) is 0 Å². The molecule has 1 unspecified atom stereocenters. The van der Waals surface area contributed by atoms with Gasteiger partial charge >= 0.3 is 6.18 Å². The molecule has 1 atom stereocenters. The third kappa shape index (κ3) is 2.48. The first-order valence-corrected chi connectivity index (χ1v) is 7.01. The fourth-order valence-electron chi connectivity index (χ4n) is 2.66. The van der Waals surface area contributed by atoms with Gasteiger partial charge < -0.3 is 4.79 Å². The van der Waals surface area contributed by atoms with Crippen LogP contribution >= 0.6 is 0 Å². The first-order valence-electron chi connectivity index (χ1n) is 7.01. The van der Waals surface area contributed by atoms with Gasteiger partial charge in [-0.1, -0.05) is 6.07 Å². The van der Waals surface area contributed by atoms with Gasteiger partial charge in [0.25, 0.3) is 0 Å². The zero-order valence-electron chi connectivity index (χ0n) is 11.8. The number of anilines is 1. The Morgan fingerprint density at radius 3 is 2.55 bits per heavy atom. The van der Waals surface area contributed by atoms with Gasteiger partial charge in [0.15, 0.2) is 5.82 Å². The summed E-state index contributed by atoms with van der Waals surface area (Å²) in [4.78, 5) is 11.2. The molecular weight excluding hydrogens is 300 g/mol. The molecule has 1 saturated carbocycles. The Morgan fingerprint density at radius 2 is 2.00 bits per heavy atom. The van der Waals surface area contributed by atoms with Crippen LogP contribution in [0.15, 0.2) is 17.2 Å². The van der Waals surface area contributed by atoms with Gasteiger partial charge in [0.05, 0.1) is 5.56 Å². The summed E-state index contributed by atoms with van der Waals surface area (Å²) in [6.45, 7) is 1.39. The Bertz CT molecular complexity index is 650. The number of hydrogen-bond donors (Lipinski definition) is 0. The molecule has 3 nitrogen and oxygen atoms in total. The molecule has 0 aromatic heterocycles. The van der Waals surface area contributed by atoms with Crippen LogP contribution < -0.4 is 5.01 Å². The standard InChI is InChI=1S/C15H14F4N2O/c1-8-2-5-11(15(17,18)19)14(13(8)16)21-10(7-22)6-12(20-21)9-3-4-9/h2,5,7,9-10H,3-4,6H2,1H3. The van der Waals surface area contributed by atoms with Crippen LogP contribution in [0.3, 0.4) is 0 Å². The molecule has 0 saturated heterocycles. The average Bonchev–Trinajstić information content (AvgIpc) is 3.20. The molecule has 118 valence electrons. The van der Waals surface area contributed by atoms with Crippen molar-refractivity contribution in [1.29, 1.82) is 0 Å². The number of alkyl halides is 3. The van der Waals surface area contributed by atoms with Crippen LogP contribution in [0.2, 0.25) is 0 Å². The minimum Gasteiger partial charge on any atom is -0.301 e. The second kappa shape index (κ2) is 5.07. The van der Waals surface area contributed by atoms with E-state index in [0.29, 0.717) is 12.0 Å². The van der Waals surface area contributed by atoms with Crippen LogP contribution in [0.1, 0.15) is 30.4 Å². The molecule has 22 heavy (non-hydrogen) atoms. The molecule has 0 radical (unpaired) electrons. The van der Waals surface area contributed by atoms with Crippen LogP contribution in [-0.4, -0.2) is 18.0 Å². The van der Waals surface area contributed by atoms with Gasteiger partial charge in [0.1, 0.15) is 18.0 Å². The van der Waals surface area contributed by atoms with Crippen LogP contribution in [0, 0.1) is 18.7 Å². The number of aryl methyl sites for hydroxylation is 1. The van der Waals surface area contributed by atoms with Crippen molar-refractivity contribution in [2.24, 2.45) is 11.0 Å². The van der Waals surface area contributed by atoms with Crippen LogP contribution in [-0.2, 0) is 11.0 Å². The maximum atomic E-state index is 14.4. The highest BCUT2D eigenvalue weighted by molar-refractivity contribution is 5.96. The third-order valence-electron chi connectivity index (χ3n) is 4.02. The molecule has 0 amide bonds. The van der Waals surface area contributed by atoms with Crippen LogP contribution in [0.4, 0.5) is 23.2 Å². The lowest BCUT2D eigenvalue weighted by Crippen LogP contribution is -2.30. The van der Waals surface area contributed by atoms with Crippen molar-refractivity contribution in [2.75, 3.05) is 5.01 Å². The largest absolute Gasteiger partial charge is 0.418 e. The number of halogens is 4. The summed E-state index contributed by atoms with van der Waals surface area (Å²) < 4.78 is 53.9. The number of hydrogen-bond acceptors (Lipinski definition) is 3. The first-order chi connectivity index (χ1) is 10.3. The average molecular weight is 314 g/mol. The molecule has 7 heteroatoms. The van der Waals surface area contributed by atoms with Gasteiger partial charge in [0, 0.05) is 12.1 Å². The molecule has 1 aromatic carbocycles. The molecule has 0 bridgehead atoms. The van der Waals surface area contributed by atoms with E-state index in [1.54, 1.807) is 0 Å². The topological polar surface area (TPSA) is 32.7 Å². The van der Waals surface area contributed by atoms with E-state index < -0.39 is 29.3 Å². The SMILES string of the molecule is Cc1ccc(C(F)(F)F)c(N2N=C(C3CC3)CC2C=O)c1F. The van der Waals surface area contributed by atoms with Gasteiger partial charge in [-0.05, 0) is 37.3 Å². The van der Waals surface area contributed by atoms with E-state index in [1.165, 1.54) is 6.92 Å². The third-order valence-corrected chi connectivity index (χ3v) is 4.02. The Hall–Kier alpha value is -1.92. The summed E-state index contributed by atoms with van der Waals surface area (Å²) in [7, 11) is 0. The molecule has 2 aliphatic rings. The number of benzene rings is 1. The van der Waals surface area contributed by atoms with Crippen molar-refractivity contribution in [1.82, 2.24) is 0 Å². The molecule has 1 aliphatic carbocycles. The highest BCUT2D eigenvalue weighted by atomic mass is 19.4. The number of carbonyl (C=O) groups excluding carboxylic acids is 1. The quantitative estimate of drug-likeness (QED) is 0.629. The second-order valence-corrected chi connectivity index (χ2v) is 5.71. The highest BCUT2D eigenvalue weighted by Gasteiger charge is 2.42. The second-order valence-electron chi connectivity index (χ2n) is 5.71. The molecule has 1 heterocycles. The zero-order valence-corrected chi connectivity index (χ0v) is 11.8. The highest BCUT2D eigenvalue weighted by Crippen LogP contribution is 2.43. The predicted molar refractivity (Wildman–Crippen MR) is 73.2 cm³/mol.